The number of piperidine rings is 3. The predicted molar refractivity (Wildman–Crippen MR) is 177 cm³/mol. The van der Waals surface area contributed by atoms with Gasteiger partial charge in [-0.1, -0.05) is 18.2 Å². The first-order valence-electron chi connectivity index (χ1n) is 15.9. The van der Waals surface area contributed by atoms with Crippen molar-refractivity contribution >= 4 is 39.3 Å². The quantitative estimate of drug-likeness (QED) is 0.356. The highest BCUT2D eigenvalue weighted by atomic mass is 79.9. The second-order valence-corrected chi connectivity index (χ2v) is 13.5. The number of nitrogens with one attached hydrogen (secondary N) is 2. The molecule has 0 aliphatic carbocycles. The number of benzene rings is 2. The molecule has 3 fully saturated rings. The average Bonchev–Trinajstić information content (AvgIpc) is 3.06. The van der Waals surface area contributed by atoms with Crippen LogP contribution in [0, 0.1) is 5.82 Å². The fourth-order valence-electron chi connectivity index (χ4n) is 6.77. The van der Waals surface area contributed by atoms with Crippen LogP contribution in [0.2, 0.25) is 0 Å². The Kier molecular flexibility index (Phi) is 9.74. The molecule has 13 heteroatoms. The molecular formula is C34H38BrFN6O5. The van der Waals surface area contributed by atoms with E-state index in [0.717, 1.165) is 25.1 Å². The van der Waals surface area contributed by atoms with Crippen molar-refractivity contribution < 1.29 is 23.5 Å². The first-order valence-corrected chi connectivity index (χ1v) is 16.7. The number of carbonyl (C=O) groups is 3. The van der Waals surface area contributed by atoms with Crippen molar-refractivity contribution in [1.82, 2.24) is 24.9 Å². The number of anilines is 1. The fourth-order valence-corrected chi connectivity index (χ4v) is 7.25. The van der Waals surface area contributed by atoms with Crippen molar-refractivity contribution in [3.05, 3.63) is 86.0 Å². The summed E-state index contributed by atoms with van der Waals surface area (Å²) < 4.78 is 22.6. The molecule has 0 saturated carbocycles. The number of hydrogen-bond donors (Lipinski definition) is 2. The highest BCUT2D eigenvalue weighted by Gasteiger charge is 2.31. The van der Waals surface area contributed by atoms with E-state index < -0.39 is 17.6 Å². The Bertz CT molecular complexity index is 1720. The Morgan fingerprint density at radius 3 is 2.45 bits per heavy atom. The van der Waals surface area contributed by atoms with Gasteiger partial charge in [0.25, 0.3) is 11.5 Å². The predicted octanol–water partition coefficient (Wildman–Crippen LogP) is 3.79. The number of nitrogens with zero attached hydrogens (tertiary/aromatic N) is 4. The molecule has 11 nitrogen and oxygen atoms in total. The average molecular weight is 710 g/mol. The smallest absolute Gasteiger partial charge is 0.282 e. The van der Waals surface area contributed by atoms with Gasteiger partial charge in [0.1, 0.15) is 10.6 Å². The van der Waals surface area contributed by atoms with Gasteiger partial charge in [-0.05, 0) is 77.1 Å². The molecule has 4 heterocycles. The number of halogens is 2. The summed E-state index contributed by atoms with van der Waals surface area (Å²) in [5.74, 6) is -1.50. The Morgan fingerprint density at radius 1 is 1.02 bits per heavy atom. The van der Waals surface area contributed by atoms with Gasteiger partial charge in [-0.2, -0.15) is 5.10 Å². The molecule has 0 bridgehead atoms. The van der Waals surface area contributed by atoms with Crippen LogP contribution in [0.25, 0.3) is 0 Å². The van der Waals surface area contributed by atoms with Crippen LogP contribution in [0.15, 0.2) is 57.9 Å². The van der Waals surface area contributed by atoms with Gasteiger partial charge >= 0.3 is 0 Å². The van der Waals surface area contributed by atoms with E-state index in [1.54, 1.807) is 19.3 Å². The number of carbonyl (C=O) groups excluding carboxylic acids is 3. The van der Waals surface area contributed by atoms with Crippen molar-refractivity contribution in [3.63, 3.8) is 0 Å². The van der Waals surface area contributed by atoms with Gasteiger partial charge in [0.15, 0.2) is 11.6 Å². The second kappa shape index (κ2) is 13.9. The number of amides is 3. The van der Waals surface area contributed by atoms with E-state index in [4.69, 9.17) is 4.74 Å². The highest BCUT2D eigenvalue weighted by molar-refractivity contribution is 9.10. The molecule has 3 aliphatic rings. The standard InChI is InChI=1S/C34H38BrFN6O5/c1-40-18-23(15-24(19-40)38-28-17-37-41(2)34(46)31(28)35)20-3-5-21(6-4-20)33(45)42-13-11-25(12-14-42)47-29-9-7-22(16-27(29)36)26-8-10-30(43)39-32(26)44/h3-7,9,16-17,23-26,38H,8,10-15,18-19H2,1-2H3,(H,39,43,44)/t23-,24+,26?/m0/s1. The third-order valence-electron chi connectivity index (χ3n) is 9.32. The number of aryl methyl sites for hydroxylation is 1. The maximum atomic E-state index is 14.9. The van der Waals surface area contributed by atoms with Crippen molar-refractivity contribution in [1.29, 1.82) is 0 Å². The maximum Gasteiger partial charge on any atom is 0.282 e. The minimum atomic E-state index is -0.560. The van der Waals surface area contributed by atoms with Gasteiger partial charge in [-0.3, -0.25) is 24.5 Å². The number of imide groups is 1. The lowest BCUT2D eigenvalue weighted by molar-refractivity contribution is -0.134. The van der Waals surface area contributed by atoms with Gasteiger partial charge < -0.3 is 19.9 Å². The SMILES string of the molecule is CN1C[C@H](Nc2cnn(C)c(=O)c2Br)C[C@H](c2ccc(C(=O)N3CCC(Oc4ccc(C5CCC(=O)NC5=O)cc4F)CC3)cc2)C1. The first kappa shape index (κ1) is 32.8. The molecule has 3 amide bonds. The number of likely N-dealkylation sites (N-methyl/N-ethyl adjacent to an activating group) is 1. The normalized spacial score (nSPS) is 22.6. The zero-order valence-electron chi connectivity index (χ0n) is 26.4. The summed E-state index contributed by atoms with van der Waals surface area (Å²) in [5.41, 5.74) is 2.77. The van der Waals surface area contributed by atoms with Gasteiger partial charge in [0, 0.05) is 64.1 Å². The fraction of sp³-hybridized carbons (Fsp3) is 0.441. The van der Waals surface area contributed by atoms with Gasteiger partial charge in [0.05, 0.1) is 17.8 Å². The van der Waals surface area contributed by atoms with Crippen LogP contribution in [0.3, 0.4) is 0 Å². The van der Waals surface area contributed by atoms with Gasteiger partial charge in [0.2, 0.25) is 11.8 Å². The largest absolute Gasteiger partial charge is 0.487 e. The zero-order chi connectivity index (χ0) is 33.2. The van der Waals surface area contributed by atoms with Gasteiger partial charge in [-0.15, -0.1) is 0 Å². The third kappa shape index (κ3) is 7.41. The third-order valence-corrected chi connectivity index (χ3v) is 10.1. The molecule has 2 N–H and O–H groups in total. The molecule has 248 valence electrons. The number of likely N-dealkylation sites (tertiary alicyclic amines) is 2. The van der Waals surface area contributed by atoms with Crippen molar-refractivity contribution in [2.24, 2.45) is 7.05 Å². The van der Waals surface area contributed by atoms with Crippen LogP contribution in [-0.4, -0.2) is 82.7 Å². The summed E-state index contributed by atoms with van der Waals surface area (Å²) in [4.78, 5) is 53.3. The molecule has 3 saturated heterocycles. The molecule has 3 atom stereocenters. The van der Waals surface area contributed by atoms with E-state index in [-0.39, 0.29) is 47.6 Å². The van der Waals surface area contributed by atoms with Crippen LogP contribution in [0.5, 0.6) is 5.75 Å². The van der Waals surface area contributed by atoms with Crippen molar-refractivity contribution in [3.8, 4) is 5.75 Å². The van der Waals surface area contributed by atoms with Crippen LogP contribution >= 0.6 is 15.9 Å². The summed E-state index contributed by atoms with van der Waals surface area (Å²) in [7, 11) is 3.69. The molecule has 1 aromatic heterocycles. The number of ether oxygens (including phenoxy) is 1. The van der Waals surface area contributed by atoms with E-state index in [9.17, 15) is 23.6 Å². The van der Waals surface area contributed by atoms with Crippen LogP contribution in [-0.2, 0) is 16.6 Å². The summed E-state index contributed by atoms with van der Waals surface area (Å²) in [5, 5.41) is 9.92. The van der Waals surface area contributed by atoms with E-state index in [0.29, 0.717) is 53.6 Å². The molecule has 47 heavy (non-hydrogen) atoms. The lowest BCUT2D eigenvalue weighted by Gasteiger charge is -2.37. The second-order valence-electron chi connectivity index (χ2n) is 12.7. The maximum absolute atomic E-state index is 14.9. The number of rotatable bonds is 7. The monoisotopic (exact) mass is 708 g/mol. The molecule has 3 aliphatic heterocycles. The zero-order valence-corrected chi connectivity index (χ0v) is 28.0. The first-order chi connectivity index (χ1) is 22.5. The number of hydrogen-bond acceptors (Lipinski definition) is 8. The highest BCUT2D eigenvalue weighted by Crippen LogP contribution is 2.31. The van der Waals surface area contributed by atoms with Crippen LogP contribution in [0.4, 0.5) is 10.1 Å². The number of aromatic nitrogens is 2. The molecule has 0 spiro atoms. The Labute approximate surface area is 280 Å². The molecule has 6 rings (SSSR count). The van der Waals surface area contributed by atoms with Crippen LogP contribution in [0.1, 0.15) is 65.4 Å². The molecule has 0 radical (unpaired) electrons. The minimum absolute atomic E-state index is 0.0434. The Hall–Kier alpha value is -4.10. The Morgan fingerprint density at radius 2 is 1.74 bits per heavy atom. The topological polar surface area (TPSA) is 126 Å². The van der Waals surface area contributed by atoms with E-state index in [2.05, 4.69) is 43.6 Å². The molecule has 3 aromatic rings. The Balaban J connectivity index is 1.02. The summed E-state index contributed by atoms with van der Waals surface area (Å²) in [6.07, 6.45) is 4.01. The van der Waals surface area contributed by atoms with Gasteiger partial charge in [-0.25, -0.2) is 9.07 Å². The summed E-state index contributed by atoms with van der Waals surface area (Å²) >= 11 is 3.40. The van der Waals surface area contributed by atoms with E-state index in [1.807, 2.05) is 29.2 Å². The molecule has 1 unspecified atom stereocenters. The lowest BCUT2D eigenvalue weighted by Crippen LogP contribution is -2.43. The molecular weight excluding hydrogens is 671 g/mol. The van der Waals surface area contributed by atoms with Crippen LogP contribution < -0.4 is 20.9 Å². The lowest BCUT2D eigenvalue weighted by atomic mass is 9.87. The van der Waals surface area contributed by atoms with E-state index >= 15 is 0 Å². The van der Waals surface area contributed by atoms with E-state index in [1.165, 1.54) is 16.8 Å². The summed E-state index contributed by atoms with van der Waals surface area (Å²) in [6, 6.07) is 12.5. The molecule has 2 aromatic carbocycles. The van der Waals surface area contributed by atoms with Crippen molar-refractivity contribution in [2.45, 2.75) is 56.1 Å². The minimum Gasteiger partial charge on any atom is -0.487 e. The summed E-state index contributed by atoms with van der Waals surface area (Å²) in [6.45, 7) is 2.70. The van der Waals surface area contributed by atoms with Crippen molar-refractivity contribution in [2.75, 3.05) is 38.5 Å².